The second-order valence-electron chi connectivity index (χ2n) is 8.97. The van der Waals surface area contributed by atoms with Gasteiger partial charge in [0.1, 0.15) is 11.3 Å². The van der Waals surface area contributed by atoms with Crippen molar-refractivity contribution in [3.63, 3.8) is 0 Å². The molecule has 1 unspecified atom stereocenters. The summed E-state index contributed by atoms with van der Waals surface area (Å²) in [6, 6.07) is 15.9. The van der Waals surface area contributed by atoms with Crippen molar-refractivity contribution in [2.24, 2.45) is 5.92 Å². The molecule has 3 aromatic rings. The fraction of sp³-hybridized carbons (Fsp3) is 0.333. The topological polar surface area (TPSA) is 45.2 Å². The number of halogens is 1. The zero-order valence-corrected chi connectivity index (χ0v) is 20.4. The second kappa shape index (κ2) is 9.70. The highest BCUT2D eigenvalue weighted by Crippen LogP contribution is 2.40. The van der Waals surface area contributed by atoms with E-state index in [1.807, 2.05) is 42.5 Å². The predicted molar refractivity (Wildman–Crippen MR) is 138 cm³/mol. The molecule has 33 heavy (non-hydrogen) atoms. The van der Waals surface area contributed by atoms with E-state index >= 15 is 0 Å². The van der Waals surface area contributed by atoms with Crippen molar-refractivity contribution in [2.75, 3.05) is 24.5 Å². The monoisotopic (exact) mass is 477 g/mol. The van der Waals surface area contributed by atoms with E-state index in [1.165, 1.54) is 41.8 Å². The number of piperidine rings is 1. The Kier molecular flexibility index (Phi) is 6.52. The predicted octanol–water partition coefficient (Wildman–Crippen LogP) is 6.60. The average Bonchev–Trinajstić information content (AvgIpc) is 3.62. The number of aromatic nitrogens is 1. The number of anilines is 1. The molecule has 2 aliphatic rings. The van der Waals surface area contributed by atoms with E-state index in [0.717, 1.165) is 58.5 Å². The summed E-state index contributed by atoms with van der Waals surface area (Å²) in [7, 11) is 0. The van der Waals surface area contributed by atoms with Crippen molar-refractivity contribution in [1.82, 2.24) is 10.3 Å². The second-order valence-corrected chi connectivity index (χ2v) is 10.4. The first kappa shape index (κ1) is 22.2. The third-order valence-corrected chi connectivity index (χ3v) is 7.90. The van der Waals surface area contributed by atoms with Crippen molar-refractivity contribution in [3.05, 3.63) is 75.3 Å². The van der Waals surface area contributed by atoms with E-state index in [1.54, 1.807) is 11.3 Å². The molecule has 0 bridgehead atoms. The Balaban J connectivity index is 1.29. The molecule has 2 heterocycles. The molecule has 2 fully saturated rings. The zero-order valence-electron chi connectivity index (χ0n) is 18.8. The Bertz CT molecular complexity index is 1180. The maximum Gasteiger partial charge on any atom is 0.150 e. The van der Waals surface area contributed by atoms with Crippen molar-refractivity contribution in [2.45, 2.75) is 32.6 Å². The van der Waals surface area contributed by atoms with Gasteiger partial charge in [-0.3, -0.25) is 4.79 Å². The van der Waals surface area contributed by atoms with Crippen molar-refractivity contribution >= 4 is 40.6 Å². The molecule has 0 spiro atoms. The van der Waals surface area contributed by atoms with Gasteiger partial charge in [-0.2, -0.15) is 0 Å². The molecule has 1 aliphatic carbocycles. The number of aryl methyl sites for hydroxylation is 1. The van der Waals surface area contributed by atoms with Crippen LogP contribution in [0.1, 0.15) is 46.6 Å². The minimum absolute atomic E-state index is 0.567. The van der Waals surface area contributed by atoms with E-state index in [2.05, 4.69) is 23.2 Å². The van der Waals surface area contributed by atoms with Crippen LogP contribution < -0.4 is 10.2 Å². The van der Waals surface area contributed by atoms with Gasteiger partial charge >= 0.3 is 0 Å². The van der Waals surface area contributed by atoms with Crippen molar-refractivity contribution < 1.29 is 4.79 Å². The minimum atomic E-state index is 0.567. The Labute approximate surface area is 204 Å². The number of allylic oxidation sites excluding steroid dienone is 1. The quantitative estimate of drug-likeness (QED) is 0.389. The Morgan fingerprint density at radius 3 is 2.82 bits per heavy atom. The molecule has 1 saturated carbocycles. The highest BCUT2D eigenvalue weighted by atomic mass is 35.5. The molecular formula is C27H28ClN3OS. The number of hydrogen-bond acceptors (Lipinski definition) is 5. The van der Waals surface area contributed by atoms with Crippen LogP contribution in [0.25, 0.3) is 16.3 Å². The van der Waals surface area contributed by atoms with E-state index in [-0.39, 0.29) is 0 Å². The SMILES string of the molecule is Cc1nc(-c2ccc(Cl)cc2)sc1C(NCC1CCCN(c2cccc(C=O)c2)C1)=C1CC1. The summed E-state index contributed by atoms with van der Waals surface area (Å²) in [6.07, 6.45) is 5.66. The summed E-state index contributed by atoms with van der Waals surface area (Å²) in [5.74, 6) is 0.567. The van der Waals surface area contributed by atoms with Gasteiger partial charge in [-0.15, -0.1) is 11.3 Å². The largest absolute Gasteiger partial charge is 0.384 e. The third kappa shape index (κ3) is 5.15. The van der Waals surface area contributed by atoms with Crippen LogP contribution in [-0.4, -0.2) is 30.9 Å². The lowest BCUT2D eigenvalue weighted by Crippen LogP contribution is -2.39. The van der Waals surface area contributed by atoms with Gasteiger partial charge in [0, 0.05) is 41.5 Å². The molecule has 1 saturated heterocycles. The van der Waals surface area contributed by atoms with Crippen LogP contribution in [0.4, 0.5) is 5.69 Å². The van der Waals surface area contributed by atoms with Gasteiger partial charge < -0.3 is 10.2 Å². The van der Waals surface area contributed by atoms with Crippen LogP contribution in [0, 0.1) is 12.8 Å². The summed E-state index contributed by atoms with van der Waals surface area (Å²) in [4.78, 5) is 19.7. The van der Waals surface area contributed by atoms with Gasteiger partial charge in [0.2, 0.25) is 0 Å². The van der Waals surface area contributed by atoms with Gasteiger partial charge in [-0.1, -0.05) is 35.9 Å². The minimum Gasteiger partial charge on any atom is -0.384 e. The lowest BCUT2D eigenvalue weighted by atomic mass is 9.97. The normalized spacial score (nSPS) is 17.7. The van der Waals surface area contributed by atoms with Crippen LogP contribution >= 0.6 is 22.9 Å². The number of aldehydes is 1. The fourth-order valence-corrected chi connectivity index (χ4v) is 5.80. The standard InChI is InChI=1S/C27H28ClN3OS/c1-18-26(33-27(30-18)22-9-11-23(28)12-10-22)25(21-7-8-21)29-15-20-5-3-13-31(16-20)24-6-2-4-19(14-24)17-32/h2,4,6,9-12,14,17,20,29H,3,5,7-8,13,15-16H2,1H3. The molecule has 1 aliphatic heterocycles. The Hall–Kier alpha value is -2.63. The van der Waals surface area contributed by atoms with E-state index in [0.29, 0.717) is 5.92 Å². The number of nitrogens with zero attached hydrogens (tertiary/aromatic N) is 2. The summed E-state index contributed by atoms with van der Waals surface area (Å²) < 4.78 is 0. The first-order valence-electron chi connectivity index (χ1n) is 11.6. The van der Waals surface area contributed by atoms with Crippen molar-refractivity contribution in [3.8, 4) is 10.6 Å². The molecule has 4 nitrogen and oxygen atoms in total. The molecule has 170 valence electrons. The molecule has 1 aromatic heterocycles. The van der Waals surface area contributed by atoms with Gasteiger partial charge in [0.05, 0.1) is 16.3 Å². The van der Waals surface area contributed by atoms with E-state index < -0.39 is 0 Å². The van der Waals surface area contributed by atoms with Crippen LogP contribution in [0.15, 0.2) is 54.1 Å². The van der Waals surface area contributed by atoms with Crippen LogP contribution in [0.5, 0.6) is 0 Å². The summed E-state index contributed by atoms with van der Waals surface area (Å²) >= 11 is 7.83. The first-order chi connectivity index (χ1) is 16.1. The number of thiazole rings is 1. The van der Waals surface area contributed by atoms with Gasteiger partial charge in [-0.25, -0.2) is 4.98 Å². The van der Waals surface area contributed by atoms with Gasteiger partial charge in [0.15, 0.2) is 0 Å². The molecule has 1 atom stereocenters. The number of rotatable bonds is 7. The zero-order chi connectivity index (χ0) is 22.8. The lowest BCUT2D eigenvalue weighted by molar-refractivity contribution is 0.112. The van der Waals surface area contributed by atoms with Gasteiger partial charge in [-0.05, 0) is 68.4 Å². The van der Waals surface area contributed by atoms with Gasteiger partial charge in [0.25, 0.3) is 0 Å². The lowest BCUT2D eigenvalue weighted by Gasteiger charge is -2.35. The number of nitrogens with one attached hydrogen (secondary N) is 1. The summed E-state index contributed by atoms with van der Waals surface area (Å²) in [6.45, 7) is 5.12. The molecule has 5 rings (SSSR count). The number of carbonyl (C=O) groups is 1. The Morgan fingerprint density at radius 1 is 1.24 bits per heavy atom. The van der Waals surface area contributed by atoms with Crippen molar-refractivity contribution in [1.29, 1.82) is 0 Å². The molecule has 1 N–H and O–H groups in total. The van der Waals surface area contributed by atoms with E-state index in [9.17, 15) is 4.79 Å². The Morgan fingerprint density at radius 2 is 2.06 bits per heavy atom. The highest BCUT2D eigenvalue weighted by Gasteiger charge is 2.25. The molecule has 0 radical (unpaired) electrons. The average molecular weight is 478 g/mol. The number of benzene rings is 2. The molecule has 0 amide bonds. The molecule has 6 heteroatoms. The maximum atomic E-state index is 11.2. The van der Waals surface area contributed by atoms with Crippen LogP contribution in [0.3, 0.4) is 0 Å². The van der Waals surface area contributed by atoms with E-state index in [4.69, 9.17) is 16.6 Å². The highest BCUT2D eigenvalue weighted by molar-refractivity contribution is 7.16. The molecular weight excluding hydrogens is 450 g/mol. The number of hydrogen-bond donors (Lipinski definition) is 1. The molecule has 2 aromatic carbocycles. The summed E-state index contributed by atoms with van der Waals surface area (Å²) in [5, 5.41) is 5.61. The fourth-order valence-electron chi connectivity index (χ4n) is 4.53. The maximum absolute atomic E-state index is 11.2. The number of carbonyl (C=O) groups excluding carboxylic acids is 1. The summed E-state index contributed by atoms with van der Waals surface area (Å²) in [5.41, 5.74) is 6.89. The first-order valence-corrected chi connectivity index (χ1v) is 12.8. The van der Waals surface area contributed by atoms with Crippen LogP contribution in [0.2, 0.25) is 5.02 Å². The third-order valence-electron chi connectivity index (χ3n) is 6.43. The van der Waals surface area contributed by atoms with Crippen LogP contribution in [-0.2, 0) is 0 Å². The smallest absolute Gasteiger partial charge is 0.150 e.